The van der Waals surface area contributed by atoms with Crippen molar-refractivity contribution in [2.75, 3.05) is 11.9 Å². The molecule has 1 aromatic heterocycles. The minimum Gasteiger partial charge on any atom is -0.481 e. The average Bonchev–Trinajstić information content (AvgIpc) is 2.61. The van der Waals surface area contributed by atoms with Gasteiger partial charge in [0.25, 0.3) is 0 Å². The fraction of sp³-hybridized carbons (Fsp3) is 0.615. The number of hydrogen-bond acceptors (Lipinski definition) is 4. The Morgan fingerprint density at radius 2 is 2.26 bits per heavy atom. The number of carboxylic acid groups (broad SMARTS) is 1. The van der Waals surface area contributed by atoms with Crippen LogP contribution in [0.15, 0.2) is 0 Å². The largest absolute Gasteiger partial charge is 0.481 e. The van der Waals surface area contributed by atoms with Crippen molar-refractivity contribution in [2.24, 2.45) is 13.0 Å². The Hall–Kier alpha value is -2.03. The van der Waals surface area contributed by atoms with Crippen LogP contribution < -0.4 is 5.32 Å². The summed E-state index contributed by atoms with van der Waals surface area (Å²) in [5.74, 6) is 0.308. The van der Waals surface area contributed by atoms with Crippen LogP contribution in [-0.2, 0) is 11.8 Å². The molecule has 0 spiro atoms. The van der Waals surface area contributed by atoms with Crippen molar-refractivity contribution < 1.29 is 9.90 Å². The number of hydrogen-bond donors (Lipinski definition) is 2. The predicted octanol–water partition coefficient (Wildman–Crippen LogP) is 1.90. The number of nitriles is 1. The molecule has 0 aromatic carbocycles. The van der Waals surface area contributed by atoms with Crippen molar-refractivity contribution in [3.63, 3.8) is 0 Å². The summed E-state index contributed by atoms with van der Waals surface area (Å²) < 4.78 is 1.66. The highest BCUT2D eigenvalue weighted by molar-refractivity contribution is 5.66. The Morgan fingerprint density at radius 3 is 2.84 bits per heavy atom. The van der Waals surface area contributed by atoms with E-state index in [0.717, 1.165) is 12.2 Å². The first-order chi connectivity index (χ1) is 8.95. The van der Waals surface area contributed by atoms with Gasteiger partial charge in [-0.15, -0.1) is 0 Å². The summed E-state index contributed by atoms with van der Waals surface area (Å²) >= 11 is 0. The van der Waals surface area contributed by atoms with Crippen LogP contribution in [0.3, 0.4) is 0 Å². The van der Waals surface area contributed by atoms with Gasteiger partial charge in [-0.05, 0) is 25.7 Å². The Balaban J connectivity index is 2.46. The standard InChI is InChI=1S/C13H20N4O2/c1-9(4-5-12(18)19)6-7-15-13-11(8-14)10(2)16-17(13)3/h9,15H,4-7H2,1-3H3,(H,18,19). The Bertz CT molecular complexity index is 488. The molecule has 0 saturated carbocycles. The van der Waals surface area contributed by atoms with Gasteiger partial charge in [-0.2, -0.15) is 10.4 Å². The highest BCUT2D eigenvalue weighted by atomic mass is 16.4. The normalized spacial score (nSPS) is 11.9. The van der Waals surface area contributed by atoms with Gasteiger partial charge in [-0.3, -0.25) is 9.48 Å². The second-order valence-electron chi connectivity index (χ2n) is 4.80. The number of aryl methyl sites for hydroxylation is 2. The zero-order chi connectivity index (χ0) is 14.4. The molecule has 0 aliphatic rings. The lowest BCUT2D eigenvalue weighted by Gasteiger charge is -2.11. The number of nitrogens with zero attached hydrogens (tertiary/aromatic N) is 3. The zero-order valence-electron chi connectivity index (χ0n) is 11.6. The first kappa shape index (κ1) is 15.0. The minimum absolute atomic E-state index is 0.204. The van der Waals surface area contributed by atoms with Gasteiger partial charge >= 0.3 is 5.97 Å². The molecule has 0 aliphatic carbocycles. The predicted molar refractivity (Wildman–Crippen MR) is 71.8 cm³/mol. The molecular formula is C13H20N4O2. The van der Waals surface area contributed by atoms with Crippen molar-refractivity contribution in [3.05, 3.63) is 11.3 Å². The number of rotatable bonds is 7. The number of nitrogens with one attached hydrogen (secondary N) is 1. The number of aliphatic carboxylic acids is 1. The summed E-state index contributed by atoms with van der Waals surface area (Å²) in [6.45, 7) is 4.54. The van der Waals surface area contributed by atoms with Crippen LogP contribution in [0.4, 0.5) is 5.82 Å². The molecule has 19 heavy (non-hydrogen) atoms. The van der Waals surface area contributed by atoms with Gasteiger partial charge in [0.05, 0.1) is 5.69 Å². The second kappa shape index (κ2) is 6.78. The van der Waals surface area contributed by atoms with Gasteiger partial charge in [0, 0.05) is 20.0 Å². The molecule has 0 saturated heterocycles. The molecule has 0 bridgehead atoms. The number of carboxylic acids is 1. The number of carbonyl (C=O) groups is 1. The lowest BCUT2D eigenvalue weighted by molar-refractivity contribution is -0.137. The monoisotopic (exact) mass is 264 g/mol. The molecule has 0 amide bonds. The Morgan fingerprint density at radius 1 is 1.58 bits per heavy atom. The highest BCUT2D eigenvalue weighted by Gasteiger charge is 2.12. The van der Waals surface area contributed by atoms with Crippen LogP contribution in [0, 0.1) is 24.2 Å². The van der Waals surface area contributed by atoms with Gasteiger partial charge in [0.2, 0.25) is 0 Å². The van der Waals surface area contributed by atoms with Gasteiger partial charge in [-0.25, -0.2) is 0 Å². The molecule has 1 atom stereocenters. The summed E-state index contributed by atoms with van der Waals surface area (Å²) in [7, 11) is 1.80. The van der Waals surface area contributed by atoms with E-state index in [2.05, 4.69) is 16.5 Å². The Labute approximate surface area is 113 Å². The molecular weight excluding hydrogens is 244 g/mol. The molecule has 1 rings (SSSR count). The van der Waals surface area contributed by atoms with Gasteiger partial charge in [0.1, 0.15) is 17.5 Å². The molecule has 6 nitrogen and oxygen atoms in total. The third kappa shape index (κ3) is 4.28. The van der Waals surface area contributed by atoms with E-state index in [1.54, 1.807) is 18.7 Å². The fourth-order valence-electron chi connectivity index (χ4n) is 1.95. The summed E-state index contributed by atoms with van der Waals surface area (Å²) in [6, 6.07) is 2.14. The Kier molecular flexibility index (Phi) is 5.37. The summed E-state index contributed by atoms with van der Waals surface area (Å²) in [4.78, 5) is 10.5. The van der Waals surface area contributed by atoms with Crippen molar-refractivity contribution in [3.8, 4) is 6.07 Å². The van der Waals surface area contributed by atoms with E-state index in [0.29, 0.717) is 30.1 Å². The van der Waals surface area contributed by atoms with Crippen LogP contribution >= 0.6 is 0 Å². The highest BCUT2D eigenvalue weighted by Crippen LogP contribution is 2.18. The van der Waals surface area contributed by atoms with E-state index in [1.807, 2.05) is 6.92 Å². The zero-order valence-corrected chi connectivity index (χ0v) is 11.6. The van der Waals surface area contributed by atoms with Crippen molar-refractivity contribution in [1.82, 2.24) is 9.78 Å². The van der Waals surface area contributed by atoms with E-state index >= 15 is 0 Å². The fourth-order valence-corrected chi connectivity index (χ4v) is 1.95. The number of anilines is 1. The molecule has 1 heterocycles. The van der Waals surface area contributed by atoms with E-state index in [9.17, 15) is 4.79 Å². The summed E-state index contributed by atoms with van der Waals surface area (Å²) in [5.41, 5.74) is 1.28. The summed E-state index contributed by atoms with van der Waals surface area (Å²) in [6.07, 6.45) is 1.74. The maximum absolute atomic E-state index is 10.5. The minimum atomic E-state index is -0.756. The molecule has 0 fully saturated rings. The van der Waals surface area contributed by atoms with Crippen LogP contribution in [-0.4, -0.2) is 27.4 Å². The molecule has 1 aromatic rings. The van der Waals surface area contributed by atoms with Crippen LogP contribution in [0.25, 0.3) is 0 Å². The van der Waals surface area contributed by atoms with Crippen molar-refractivity contribution in [2.45, 2.75) is 33.1 Å². The third-order valence-electron chi connectivity index (χ3n) is 3.11. The van der Waals surface area contributed by atoms with E-state index in [1.165, 1.54) is 0 Å². The van der Waals surface area contributed by atoms with Crippen LogP contribution in [0.2, 0.25) is 0 Å². The molecule has 0 aliphatic heterocycles. The molecule has 6 heteroatoms. The quantitative estimate of drug-likeness (QED) is 0.785. The lowest BCUT2D eigenvalue weighted by atomic mass is 10.0. The van der Waals surface area contributed by atoms with E-state index in [4.69, 9.17) is 10.4 Å². The van der Waals surface area contributed by atoms with Crippen LogP contribution in [0.5, 0.6) is 0 Å². The van der Waals surface area contributed by atoms with E-state index in [-0.39, 0.29) is 6.42 Å². The maximum atomic E-state index is 10.5. The smallest absolute Gasteiger partial charge is 0.303 e. The molecule has 104 valence electrons. The van der Waals surface area contributed by atoms with Crippen molar-refractivity contribution >= 4 is 11.8 Å². The molecule has 2 N–H and O–H groups in total. The first-order valence-corrected chi connectivity index (χ1v) is 6.35. The first-order valence-electron chi connectivity index (χ1n) is 6.35. The topological polar surface area (TPSA) is 90.9 Å². The third-order valence-corrected chi connectivity index (χ3v) is 3.11. The second-order valence-corrected chi connectivity index (χ2v) is 4.80. The lowest BCUT2D eigenvalue weighted by Crippen LogP contribution is -2.11. The van der Waals surface area contributed by atoms with Gasteiger partial charge in [-0.1, -0.05) is 6.92 Å². The van der Waals surface area contributed by atoms with Crippen molar-refractivity contribution in [1.29, 1.82) is 5.26 Å². The molecule has 1 unspecified atom stereocenters. The van der Waals surface area contributed by atoms with E-state index < -0.39 is 5.97 Å². The van der Waals surface area contributed by atoms with Gasteiger partial charge in [0.15, 0.2) is 0 Å². The maximum Gasteiger partial charge on any atom is 0.303 e. The summed E-state index contributed by atoms with van der Waals surface area (Å²) in [5, 5.41) is 25.1. The van der Waals surface area contributed by atoms with Gasteiger partial charge < -0.3 is 10.4 Å². The number of aromatic nitrogens is 2. The average molecular weight is 264 g/mol. The molecule has 0 radical (unpaired) electrons. The van der Waals surface area contributed by atoms with Crippen LogP contribution in [0.1, 0.15) is 37.4 Å². The SMILES string of the molecule is Cc1nn(C)c(NCCC(C)CCC(=O)O)c1C#N.